The molecular weight excluding hydrogens is 387 g/mol. The molecule has 1 aromatic rings. The zero-order valence-corrected chi connectivity index (χ0v) is 16.5. The highest BCUT2D eigenvalue weighted by Crippen LogP contribution is 2.27. The van der Waals surface area contributed by atoms with Crippen molar-refractivity contribution in [3.8, 4) is 0 Å². The zero-order chi connectivity index (χ0) is 21.6. The van der Waals surface area contributed by atoms with Gasteiger partial charge >= 0.3 is 6.18 Å². The van der Waals surface area contributed by atoms with Crippen molar-refractivity contribution >= 4 is 5.82 Å². The first-order valence-corrected chi connectivity index (χ1v) is 9.37. The lowest BCUT2D eigenvalue weighted by atomic mass is 10.1. The van der Waals surface area contributed by atoms with E-state index in [9.17, 15) is 23.1 Å². The number of hydrogen-bond donors (Lipinski definition) is 3. The number of rotatable bonds is 8. The third-order valence-electron chi connectivity index (χ3n) is 4.69. The number of anilines is 1. The SMILES string of the molecule is C=C/C(=C\C=C(/C)C(F)(F)F)C(C)Nc1nc(C2CCCO2)[nH]c(=O)c1CCO. The van der Waals surface area contributed by atoms with Crippen LogP contribution in [-0.4, -0.2) is 40.5 Å². The van der Waals surface area contributed by atoms with Crippen LogP contribution in [0.4, 0.5) is 19.0 Å². The lowest BCUT2D eigenvalue weighted by Crippen LogP contribution is -2.26. The average Bonchev–Trinajstić information content (AvgIpc) is 3.18. The Balaban J connectivity index is 2.34. The minimum absolute atomic E-state index is 0.0867. The number of aliphatic hydroxyl groups is 1. The molecule has 1 saturated heterocycles. The molecule has 6 nitrogen and oxygen atoms in total. The molecule has 2 atom stereocenters. The van der Waals surface area contributed by atoms with Crippen molar-refractivity contribution in [3.05, 3.63) is 57.7 Å². The van der Waals surface area contributed by atoms with E-state index in [1.165, 1.54) is 12.2 Å². The third kappa shape index (κ3) is 6.04. The third-order valence-corrected chi connectivity index (χ3v) is 4.69. The molecule has 1 fully saturated rings. The molecule has 0 aromatic carbocycles. The highest BCUT2D eigenvalue weighted by Gasteiger charge is 2.29. The van der Waals surface area contributed by atoms with E-state index in [1.54, 1.807) is 6.92 Å². The summed E-state index contributed by atoms with van der Waals surface area (Å²) < 4.78 is 43.7. The van der Waals surface area contributed by atoms with E-state index in [4.69, 9.17) is 4.74 Å². The number of H-pyrrole nitrogens is 1. The van der Waals surface area contributed by atoms with Gasteiger partial charge in [0.1, 0.15) is 17.7 Å². The van der Waals surface area contributed by atoms with E-state index in [2.05, 4.69) is 21.9 Å². The molecule has 9 heteroatoms. The standard InChI is InChI=1S/C20H26F3N3O3/c1-4-14(8-7-12(2)20(21,22)23)13(3)24-17-15(9-10-27)19(28)26-18(25-17)16-6-5-11-29-16/h4,7-8,13,16,27H,1,5-6,9-11H2,2-3H3,(H2,24,25,26,28)/b12-7+,14-8+. The maximum atomic E-state index is 12.7. The molecular formula is C20H26F3N3O3. The fourth-order valence-corrected chi connectivity index (χ4v) is 2.92. The van der Waals surface area contributed by atoms with Crippen LogP contribution in [0, 0.1) is 0 Å². The number of allylic oxidation sites excluding steroid dienone is 3. The number of aromatic nitrogens is 2. The van der Waals surface area contributed by atoms with Crippen LogP contribution in [0.25, 0.3) is 0 Å². The predicted molar refractivity (Wildman–Crippen MR) is 105 cm³/mol. The monoisotopic (exact) mass is 413 g/mol. The highest BCUT2D eigenvalue weighted by atomic mass is 19.4. The Hall–Kier alpha value is -2.39. The summed E-state index contributed by atoms with van der Waals surface area (Å²) >= 11 is 0. The lowest BCUT2D eigenvalue weighted by molar-refractivity contribution is -0.0913. The summed E-state index contributed by atoms with van der Waals surface area (Å²) in [4.78, 5) is 19.7. The quantitative estimate of drug-likeness (QED) is 0.567. The Kier molecular flexibility index (Phi) is 7.80. The summed E-state index contributed by atoms with van der Waals surface area (Å²) in [6, 6.07) is -0.478. The lowest BCUT2D eigenvalue weighted by Gasteiger charge is -2.19. The van der Waals surface area contributed by atoms with Gasteiger partial charge in [0.25, 0.3) is 5.56 Å². The van der Waals surface area contributed by atoms with Gasteiger partial charge in [-0.2, -0.15) is 13.2 Å². The minimum Gasteiger partial charge on any atom is -0.396 e. The molecule has 1 aliphatic heterocycles. The summed E-state index contributed by atoms with van der Waals surface area (Å²) in [6.45, 7) is 6.70. The topological polar surface area (TPSA) is 87.2 Å². The molecule has 2 unspecified atom stereocenters. The largest absolute Gasteiger partial charge is 0.412 e. The van der Waals surface area contributed by atoms with Crippen LogP contribution < -0.4 is 10.9 Å². The second-order valence-corrected chi connectivity index (χ2v) is 6.84. The number of nitrogens with zero attached hydrogens (tertiary/aromatic N) is 1. The van der Waals surface area contributed by atoms with E-state index < -0.39 is 17.8 Å². The molecule has 2 rings (SSSR count). The molecule has 0 saturated carbocycles. The molecule has 2 heterocycles. The van der Waals surface area contributed by atoms with Gasteiger partial charge in [0, 0.05) is 31.2 Å². The van der Waals surface area contributed by atoms with Crippen LogP contribution >= 0.6 is 0 Å². The predicted octanol–water partition coefficient (Wildman–Crippen LogP) is 3.58. The number of nitrogens with one attached hydrogen (secondary N) is 2. The van der Waals surface area contributed by atoms with Gasteiger partial charge in [-0.25, -0.2) is 4.98 Å². The molecule has 160 valence electrons. The average molecular weight is 413 g/mol. The normalized spacial score (nSPS) is 19.3. The number of hydrogen-bond acceptors (Lipinski definition) is 5. The fourth-order valence-electron chi connectivity index (χ4n) is 2.92. The number of ether oxygens (including phenoxy) is 1. The molecule has 1 aromatic heterocycles. The van der Waals surface area contributed by atoms with E-state index in [0.29, 0.717) is 18.0 Å². The molecule has 0 bridgehead atoms. The van der Waals surface area contributed by atoms with Crippen molar-refractivity contribution in [1.82, 2.24) is 9.97 Å². The van der Waals surface area contributed by atoms with E-state index in [-0.39, 0.29) is 36.1 Å². The van der Waals surface area contributed by atoms with Gasteiger partial charge in [0.15, 0.2) is 0 Å². The van der Waals surface area contributed by atoms with Crippen molar-refractivity contribution in [2.75, 3.05) is 18.5 Å². The first-order chi connectivity index (χ1) is 13.7. The van der Waals surface area contributed by atoms with E-state index >= 15 is 0 Å². The zero-order valence-electron chi connectivity index (χ0n) is 16.5. The highest BCUT2D eigenvalue weighted by molar-refractivity contribution is 5.47. The summed E-state index contributed by atoms with van der Waals surface area (Å²) in [5, 5.41) is 12.4. The van der Waals surface area contributed by atoms with Crippen LogP contribution in [0.5, 0.6) is 0 Å². The van der Waals surface area contributed by atoms with Gasteiger partial charge in [-0.1, -0.05) is 24.8 Å². The smallest absolute Gasteiger partial charge is 0.396 e. The summed E-state index contributed by atoms with van der Waals surface area (Å²) in [5.41, 5.74) is -0.359. The van der Waals surface area contributed by atoms with Gasteiger partial charge in [-0.15, -0.1) is 0 Å². The van der Waals surface area contributed by atoms with Crippen LogP contribution in [0.2, 0.25) is 0 Å². The number of halogens is 3. The molecule has 1 aliphatic rings. The van der Waals surface area contributed by atoms with Crippen LogP contribution in [0.3, 0.4) is 0 Å². The van der Waals surface area contributed by atoms with Crippen LogP contribution in [0.15, 0.2) is 40.7 Å². The fraction of sp³-hybridized carbons (Fsp3) is 0.500. The van der Waals surface area contributed by atoms with Crippen molar-refractivity contribution in [2.45, 2.75) is 51.4 Å². The summed E-state index contributed by atoms with van der Waals surface area (Å²) in [7, 11) is 0. The number of aromatic amines is 1. The summed E-state index contributed by atoms with van der Waals surface area (Å²) in [6.07, 6.45) is 0.713. The Labute approximate surface area is 167 Å². The number of alkyl halides is 3. The Morgan fingerprint density at radius 1 is 1.48 bits per heavy atom. The molecule has 0 radical (unpaired) electrons. The van der Waals surface area contributed by atoms with Gasteiger partial charge < -0.3 is 20.1 Å². The van der Waals surface area contributed by atoms with Crippen LogP contribution in [-0.2, 0) is 11.2 Å². The Bertz CT molecular complexity index is 838. The van der Waals surface area contributed by atoms with E-state index in [1.807, 2.05) is 0 Å². The molecule has 0 amide bonds. The molecule has 3 N–H and O–H groups in total. The first kappa shape index (κ1) is 22.9. The van der Waals surface area contributed by atoms with Crippen molar-refractivity contribution < 1.29 is 23.0 Å². The van der Waals surface area contributed by atoms with Gasteiger partial charge in [-0.3, -0.25) is 4.79 Å². The molecule has 29 heavy (non-hydrogen) atoms. The van der Waals surface area contributed by atoms with E-state index in [0.717, 1.165) is 25.8 Å². The van der Waals surface area contributed by atoms with Crippen molar-refractivity contribution in [1.29, 1.82) is 0 Å². The Morgan fingerprint density at radius 3 is 2.76 bits per heavy atom. The Morgan fingerprint density at radius 2 is 2.21 bits per heavy atom. The van der Waals surface area contributed by atoms with Crippen molar-refractivity contribution in [2.24, 2.45) is 0 Å². The minimum atomic E-state index is -4.40. The van der Waals surface area contributed by atoms with Gasteiger partial charge in [0.05, 0.1) is 5.56 Å². The maximum absolute atomic E-state index is 12.7. The van der Waals surface area contributed by atoms with Crippen molar-refractivity contribution in [3.63, 3.8) is 0 Å². The van der Waals surface area contributed by atoms with Gasteiger partial charge in [0.2, 0.25) is 0 Å². The molecule has 0 aliphatic carbocycles. The maximum Gasteiger partial charge on any atom is 0.412 e. The number of aliphatic hydroxyl groups excluding tert-OH is 1. The van der Waals surface area contributed by atoms with Crippen LogP contribution in [0.1, 0.15) is 44.2 Å². The summed E-state index contributed by atoms with van der Waals surface area (Å²) in [5.74, 6) is 0.658. The second kappa shape index (κ2) is 9.89. The first-order valence-electron chi connectivity index (χ1n) is 9.37. The second-order valence-electron chi connectivity index (χ2n) is 6.84. The van der Waals surface area contributed by atoms with Gasteiger partial charge in [-0.05, 0) is 32.3 Å². The molecule has 0 spiro atoms.